The lowest BCUT2D eigenvalue weighted by atomic mass is 10.1. The number of carbonyl (C=O) groups excluding carboxylic acids is 2. The number of amides is 1. The molecule has 0 fully saturated rings. The van der Waals surface area contributed by atoms with E-state index in [9.17, 15) is 14.4 Å². The van der Waals surface area contributed by atoms with E-state index in [1.807, 2.05) is 13.8 Å². The number of carboxylic acid groups (broad SMARTS) is 1. The topological polar surface area (TPSA) is 92.7 Å². The fourth-order valence-corrected chi connectivity index (χ4v) is 1.75. The third kappa shape index (κ3) is 4.91. The van der Waals surface area contributed by atoms with Crippen LogP contribution >= 0.6 is 0 Å². The van der Waals surface area contributed by atoms with E-state index < -0.39 is 23.9 Å². The molecule has 1 aromatic carbocycles. The van der Waals surface area contributed by atoms with E-state index >= 15 is 0 Å². The normalized spacial score (nSPS) is 11.6. The second-order valence-corrected chi connectivity index (χ2v) is 4.78. The van der Waals surface area contributed by atoms with Gasteiger partial charge < -0.3 is 15.2 Å². The molecule has 2 N–H and O–H groups in total. The molecule has 0 aliphatic heterocycles. The quantitative estimate of drug-likeness (QED) is 0.774. The van der Waals surface area contributed by atoms with Crippen molar-refractivity contribution < 1.29 is 24.2 Å². The Labute approximate surface area is 123 Å². The van der Waals surface area contributed by atoms with Crippen LogP contribution in [0.15, 0.2) is 18.2 Å². The highest BCUT2D eigenvalue weighted by atomic mass is 16.5. The van der Waals surface area contributed by atoms with Crippen LogP contribution in [-0.4, -0.2) is 36.1 Å². The minimum absolute atomic E-state index is 0.0153. The molecule has 6 heteroatoms. The second kappa shape index (κ2) is 7.42. The number of ether oxygens (including phenoxy) is 1. The highest BCUT2D eigenvalue weighted by Gasteiger charge is 2.22. The number of benzene rings is 1. The average molecular weight is 293 g/mol. The Bertz CT molecular complexity index is 553. The van der Waals surface area contributed by atoms with Gasteiger partial charge in [0.15, 0.2) is 0 Å². The Kier molecular flexibility index (Phi) is 5.90. The van der Waals surface area contributed by atoms with Gasteiger partial charge in [-0.15, -0.1) is 0 Å². The number of aryl methyl sites for hydroxylation is 2. The van der Waals surface area contributed by atoms with Gasteiger partial charge in [-0.25, -0.2) is 4.79 Å². The largest absolute Gasteiger partial charge is 0.480 e. The highest BCUT2D eigenvalue weighted by Crippen LogP contribution is 2.10. The molecule has 21 heavy (non-hydrogen) atoms. The molecule has 1 amide bonds. The van der Waals surface area contributed by atoms with E-state index in [2.05, 4.69) is 10.1 Å². The lowest BCUT2D eigenvalue weighted by Crippen LogP contribution is -2.41. The van der Waals surface area contributed by atoms with Crippen molar-refractivity contribution >= 4 is 17.8 Å². The first-order chi connectivity index (χ1) is 9.85. The van der Waals surface area contributed by atoms with Crippen molar-refractivity contribution in [3.63, 3.8) is 0 Å². The summed E-state index contributed by atoms with van der Waals surface area (Å²) >= 11 is 0. The van der Waals surface area contributed by atoms with E-state index in [1.54, 1.807) is 18.2 Å². The molecule has 114 valence electrons. The Morgan fingerprint density at radius 3 is 2.43 bits per heavy atom. The van der Waals surface area contributed by atoms with E-state index in [0.717, 1.165) is 11.1 Å². The van der Waals surface area contributed by atoms with Gasteiger partial charge >= 0.3 is 11.9 Å². The van der Waals surface area contributed by atoms with E-state index in [4.69, 9.17) is 5.11 Å². The minimum Gasteiger partial charge on any atom is -0.480 e. The van der Waals surface area contributed by atoms with E-state index in [1.165, 1.54) is 7.11 Å². The van der Waals surface area contributed by atoms with Gasteiger partial charge in [0.2, 0.25) is 0 Å². The number of rotatable bonds is 6. The first-order valence-electron chi connectivity index (χ1n) is 6.53. The van der Waals surface area contributed by atoms with Gasteiger partial charge in [0.05, 0.1) is 7.11 Å². The minimum atomic E-state index is -1.18. The summed E-state index contributed by atoms with van der Waals surface area (Å²) in [5, 5.41) is 11.5. The molecule has 0 bridgehead atoms. The predicted octanol–water partition coefficient (Wildman–Crippen LogP) is 1.44. The molecule has 1 atom stereocenters. The molecule has 0 aliphatic rings. The Hall–Kier alpha value is -2.37. The molecule has 1 aromatic rings. The number of carbonyl (C=O) groups is 3. The second-order valence-electron chi connectivity index (χ2n) is 4.78. The zero-order valence-corrected chi connectivity index (χ0v) is 12.3. The molecule has 0 aliphatic carbocycles. The molecule has 0 heterocycles. The first-order valence-corrected chi connectivity index (χ1v) is 6.53. The summed E-state index contributed by atoms with van der Waals surface area (Å²) < 4.78 is 4.45. The monoisotopic (exact) mass is 293 g/mol. The van der Waals surface area contributed by atoms with Crippen LogP contribution in [0.4, 0.5) is 0 Å². The summed E-state index contributed by atoms with van der Waals surface area (Å²) in [4.78, 5) is 34.2. The fourth-order valence-electron chi connectivity index (χ4n) is 1.75. The van der Waals surface area contributed by atoms with Gasteiger partial charge in [0.25, 0.3) is 5.91 Å². The maximum atomic E-state index is 12.0. The lowest BCUT2D eigenvalue weighted by Gasteiger charge is -2.14. The van der Waals surface area contributed by atoms with Crippen molar-refractivity contribution in [2.24, 2.45) is 0 Å². The van der Waals surface area contributed by atoms with Crippen LogP contribution in [0, 0.1) is 13.8 Å². The van der Waals surface area contributed by atoms with Gasteiger partial charge in [-0.1, -0.05) is 6.07 Å². The van der Waals surface area contributed by atoms with Crippen LogP contribution < -0.4 is 5.32 Å². The zero-order valence-electron chi connectivity index (χ0n) is 12.3. The smallest absolute Gasteiger partial charge is 0.326 e. The van der Waals surface area contributed by atoms with Crippen LogP contribution in [0.2, 0.25) is 0 Å². The van der Waals surface area contributed by atoms with Crippen molar-refractivity contribution in [2.45, 2.75) is 32.7 Å². The van der Waals surface area contributed by atoms with Gasteiger partial charge in [0.1, 0.15) is 6.04 Å². The SMILES string of the molecule is COC(=O)CCC(NC(=O)c1ccc(C)c(C)c1)C(=O)O. The Morgan fingerprint density at radius 2 is 1.90 bits per heavy atom. The van der Waals surface area contributed by atoms with Gasteiger partial charge in [-0.3, -0.25) is 9.59 Å². The first kappa shape index (κ1) is 16.7. The number of hydrogen-bond donors (Lipinski definition) is 2. The standard InChI is InChI=1S/C15H19NO5/c1-9-4-5-11(8-10(9)2)14(18)16-12(15(19)20)6-7-13(17)21-3/h4-5,8,12H,6-7H2,1-3H3,(H,16,18)(H,19,20). The lowest BCUT2D eigenvalue weighted by molar-refractivity contribution is -0.142. The molecular formula is C15H19NO5. The molecule has 1 unspecified atom stereocenters. The molecule has 0 radical (unpaired) electrons. The maximum Gasteiger partial charge on any atom is 0.326 e. The van der Waals surface area contributed by atoms with Crippen molar-refractivity contribution in [3.05, 3.63) is 34.9 Å². The average Bonchev–Trinajstić information content (AvgIpc) is 2.45. The van der Waals surface area contributed by atoms with E-state index in [0.29, 0.717) is 5.56 Å². The fraction of sp³-hybridized carbons (Fsp3) is 0.400. The van der Waals surface area contributed by atoms with Crippen molar-refractivity contribution in [3.8, 4) is 0 Å². The molecule has 0 saturated carbocycles. The Morgan fingerprint density at radius 1 is 1.24 bits per heavy atom. The molecule has 0 spiro atoms. The van der Waals surface area contributed by atoms with Crippen LogP contribution in [0.3, 0.4) is 0 Å². The summed E-state index contributed by atoms with van der Waals surface area (Å²) in [5.41, 5.74) is 2.39. The number of carboxylic acids is 1. The maximum absolute atomic E-state index is 12.0. The Balaban J connectivity index is 2.74. The number of methoxy groups -OCH3 is 1. The molecule has 1 rings (SSSR count). The summed E-state index contributed by atoms with van der Waals surface area (Å²) in [6.07, 6.45) is -0.0841. The van der Waals surface area contributed by atoms with Crippen LogP contribution in [0.25, 0.3) is 0 Å². The van der Waals surface area contributed by atoms with Gasteiger partial charge in [-0.2, -0.15) is 0 Å². The molecule has 0 saturated heterocycles. The number of nitrogens with one attached hydrogen (secondary N) is 1. The van der Waals surface area contributed by atoms with Crippen LogP contribution in [0.1, 0.15) is 34.3 Å². The van der Waals surface area contributed by atoms with Gasteiger partial charge in [0, 0.05) is 12.0 Å². The third-order valence-electron chi connectivity index (χ3n) is 3.24. The van der Waals surface area contributed by atoms with Crippen LogP contribution in [0.5, 0.6) is 0 Å². The summed E-state index contributed by atoms with van der Waals surface area (Å²) in [6.45, 7) is 3.80. The number of aliphatic carboxylic acids is 1. The summed E-state index contributed by atoms with van der Waals surface area (Å²) in [7, 11) is 1.23. The van der Waals surface area contributed by atoms with Crippen LogP contribution in [-0.2, 0) is 14.3 Å². The van der Waals surface area contributed by atoms with Crippen molar-refractivity contribution in [1.29, 1.82) is 0 Å². The van der Waals surface area contributed by atoms with Crippen molar-refractivity contribution in [1.82, 2.24) is 5.32 Å². The number of hydrogen-bond acceptors (Lipinski definition) is 4. The zero-order chi connectivity index (χ0) is 16.0. The summed E-state index contributed by atoms with van der Waals surface area (Å²) in [6, 6.07) is 4.01. The molecule has 0 aromatic heterocycles. The van der Waals surface area contributed by atoms with Crippen molar-refractivity contribution in [2.75, 3.05) is 7.11 Å². The van der Waals surface area contributed by atoms with E-state index in [-0.39, 0.29) is 12.8 Å². The summed E-state index contributed by atoms with van der Waals surface area (Å²) in [5.74, 6) is -2.17. The highest BCUT2D eigenvalue weighted by molar-refractivity contribution is 5.96. The molecular weight excluding hydrogens is 274 g/mol. The predicted molar refractivity (Wildman–Crippen MR) is 76.1 cm³/mol. The number of esters is 1. The van der Waals surface area contributed by atoms with Gasteiger partial charge in [-0.05, 0) is 43.5 Å². The molecule has 6 nitrogen and oxygen atoms in total. The third-order valence-corrected chi connectivity index (χ3v) is 3.24.